The van der Waals surface area contributed by atoms with Crippen molar-refractivity contribution in [1.29, 1.82) is 0 Å². The second kappa shape index (κ2) is 6.06. The number of aromatic carboxylic acids is 1. The van der Waals surface area contributed by atoms with Gasteiger partial charge in [-0.15, -0.1) is 0 Å². The summed E-state index contributed by atoms with van der Waals surface area (Å²) in [6.45, 7) is 5.22. The molecule has 1 aliphatic heterocycles. The van der Waals surface area contributed by atoms with E-state index >= 15 is 0 Å². The van der Waals surface area contributed by atoms with Crippen LogP contribution in [0.2, 0.25) is 0 Å². The van der Waals surface area contributed by atoms with Crippen LogP contribution in [-0.4, -0.2) is 30.4 Å². The average Bonchev–Trinajstić information content (AvgIpc) is 2.85. The van der Waals surface area contributed by atoms with Gasteiger partial charge in [0.25, 0.3) is 0 Å². The minimum Gasteiger partial charge on any atom is -0.493 e. The zero-order chi connectivity index (χ0) is 13.8. The van der Waals surface area contributed by atoms with Gasteiger partial charge >= 0.3 is 5.97 Å². The van der Waals surface area contributed by atoms with Crippen molar-refractivity contribution in [2.75, 3.05) is 13.2 Å². The first-order valence-corrected chi connectivity index (χ1v) is 6.67. The summed E-state index contributed by atoms with van der Waals surface area (Å²) in [7, 11) is 0. The summed E-state index contributed by atoms with van der Waals surface area (Å²) in [5.74, 6) is -0.111. The molecular weight excluding hydrogens is 244 g/mol. The lowest BCUT2D eigenvalue weighted by molar-refractivity contribution is 0.0696. The Balaban J connectivity index is 1.97. The van der Waals surface area contributed by atoms with Crippen molar-refractivity contribution in [3.63, 3.8) is 0 Å². The Morgan fingerprint density at radius 1 is 1.42 bits per heavy atom. The Morgan fingerprint density at radius 3 is 2.63 bits per heavy atom. The molecule has 1 unspecified atom stereocenters. The summed E-state index contributed by atoms with van der Waals surface area (Å²) in [5, 5.41) is 8.99. The second-order valence-corrected chi connectivity index (χ2v) is 5.02. The largest absolute Gasteiger partial charge is 0.493 e. The van der Waals surface area contributed by atoms with E-state index in [2.05, 4.69) is 0 Å². The van der Waals surface area contributed by atoms with Crippen LogP contribution < -0.4 is 4.74 Å². The number of ether oxygens (including phenoxy) is 2. The number of carboxylic acid groups (broad SMARTS) is 1. The summed E-state index contributed by atoms with van der Waals surface area (Å²) >= 11 is 0. The van der Waals surface area contributed by atoms with Crippen LogP contribution >= 0.6 is 0 Å². The Bertz CT molecular complexity index is 438. The van der Waals surface area contributed by atoms with E-state index in [9.17, 15) is 4.79 Å². The lowest BCUT2D eigenvalue weighted by Crippen LogP contribution is -2.12. The van der Waals surface area contributed by atoms with E-state index < -0.39 is 5.97 Å². The molecule has 1 atom stereocenters. The molecule has 0 aromatic heterocycles. The van der Waals surface area contributed by atoms with Crippen molar-refractivity contribution in [1.82, 2.24) is 0 Å². The second-order valence-electron chi connectivity index (χ2n) is 5.02. The lowest BCUT2D eigenvalue weighted by Gasteiger charge is -2.15. The smallest absolute Gasteiger partial charge is 0.335 e. The van der Waals surface area contributed by atoms with Crippen LogP contribution in [0.15, 0.2) is 12.1 Å². The molecule has 0 spiro atoms. The average molecular weight is 264 g/mol. The molecule has 1 heterocycles. The van der Waals surface area contributed by atoms with Crippen molar-refractivity contribution in [3.8, 4) is 5.75 Å². The van der Waals surface area contributed by atoms with E-state index in [-0.39, 0.29) is 0 Å². The van der Waals surface area contributed by atoms with Gasteiger partial charge in [0.15, 0.2) is 0 Å². The molecule has 1 saturated heterocycles. The number of aryl methyl sites for hydroxylation is 2. The van der Waals surface area contributed by atoms with Crippen LogP contribution in [-0.2, 0) is 4.74 Å². The molecule has 0 radical (unpaired) electrons. The molecule has 1 aromatic carbocycles. The van der Waals surface area contributed by atoms with Crippen LogP contribution in [0.3, 0.4) is 0 Å². The van der Waals surface area contributed by atoms with E-state index in [1.54, 1.807) is 12.1 Å². The van der Waals surface area contributed by atoms with Gasteiger partial charge < -0.3 is 14.6 Å². The van der Waals surface area contributed by atoms with Crippen LogP contribution in [0.5, 0.6) is 5.75 Å². The monoisotopic (exact) mass is 264 g/mol. The molecule has 19 heavy (non-hydrogen) atoms. The topological polar surface area (TPSA) is 55.8 Å². The minimum absolute atomic E-state index is 0.307. The zero-order valence-electron chi connectivity index (χ0n) is 11.4. The summed E-state index contributed by atoms with van der Waals surface area (Å²) in [5.41, 5.74) is 2.04. The molecular formula is C15H20O4. The van der Waals surface area contributed by atoms with Crippen molar-refractivity contribution < 1.29 is 19.4 Å². The van der Waals surface area contributed by atoms with Gasteiger partial charge in [0.1, 0.15) is 5.75 Å². The van der Waals surface area contributed by atoms with Crippen molar-refractivity contribution in [2.24, 2.45) is 0 Å². The van der Waals surface area contributed by atoms with Crippen molar-refractivity contribution in [3.05, 3.63) is 28.8 Å². The maximum absolute atomic E-state index is 10.9. The Hall–Kier alpha value is -1.55. The van der Waals surface area contributed by atoms with Gasteiger partial charge in [-0.05, 0) is 49.9 Å². The van der Waals surface area contributed by atoms with Gasteiger partial charge in [0.2, 0.25) is 0 Å². The van der Waals surface area contributed by atoms with Crippen LogP contribution in [0.4, 0.5) is 0 Å². The maximum atomic E-state index is 10.9. The maximum Gasteiger partial charge on any atom is 0.335 e. The molecule has 0 amide bonds. The Labute approximate surface area is 113 Å². The summed E-state index contributed by atoms with van der Waals surface area (Å²) in [4.78, 5) is 10.9. The number of benzene rings is 1. The highest BCUT2D eigenvalue weighted by Crippen LogP contribution is 2.25. The number of carbonyl (C=O) groups is 1. The number of hydrogen-bond donors (Lipinski definition) is 1. The van der Waals surface area contributed by atoms with Gasteiger partial charge in [0, 0.05) is 13.0 Å². The number of rotatable bonds is 5. The van der Waals surface area contributed by atoms with E-state index in [4.69, 9.17) is 14.6 Å². The Morgan fingerprint density at radius 2 is 2.11 bits per heavy atom. The van der Waals surface area contributed by atoms with Gasteiger partial charge in [-0.1, -0.05) is 0 Å². The quantitative estimate of drug-likeness (QED) is 0.888. The number of hydrogen-bond acceptors (Lipinski definition) is 3. The summed E-state index contributed by atoms with van der Waals surface area (Å²) in [6.07, 6.45) is 3.45. The first-order valence-electron chi connectivity index (χ1n) is 6.67. The highest BCUT2D eigenvalue weighted by Gasteiger charge is 2.16. The SMILES string of the molecule is Cc1cc(C(=O)O)cc(C)c1OCCC1CCCO1. The van der Waals surface area contributed by atoms with Crippen LogP contribution in [0, 0.1) is 13.8 Å². The molecule has 4 nitrogen and oxygen atoms in total. The predicted molar refractivity (Wildman–Crippen MR) is 72.0 cm³/mol. The molecule has 0 aliphatic carbocycles. The van der Waals surface area contributed by atoms with E-state index in [0.29, 0.717) is 18.3 Å². The van der Waals surface area contributed by atoms with E-state index in [0.717, 1.165) is 42.7 Å². The van der Waals surface area contributed by atoms with Gasteiger partial charge in [-0.3, -0.25) is 0 Å². The van der Waals surface area contributed by atoms with Gasteiger partial charge in [-0.25, -0.2) is 4.79 Å². The molecule has 104 valence electrons. The molecule has 1 N–H and O–H groups in total. The fourth-order valence-corrected chi connectivity index (χ4v) is 2.47. The predicted octanol–water partition coefficient (Wildman–Crippen LogP) is 2.95. The number of carboxylic acids is 1. The molecule has 1 aliphatic rings. The van der Waals surface area contributed by atoms with Crippen LogP contribution in [0.25, 0.3) is 0 Å². The van der Waals surface area contributed by atoms with E-state index in [1.165, 1.54) is 0 Å². The van der Waals surface area contributed by atoms with Crippen LogP contribution in [0.1, 0.15) is 40.7 Å². The summed E-state index contributed by atoms with van der Waals surface area (Å²) < 4.78 is 11.3. The standard InChI is InChI=1S/C15H20O4/c1-10-8-12(15(16)17)9-11(2)14(10)19-7-5-13-4-3-6-18-13/h8-9,13H,3-7H2,1-2H3,(H,16,17). The highest BCUT2D eigenvalue weighted by atomic mass is 16.5. The summed E-state index contributed by atoms with van der Waals surface area (Å²) in [6, 6.07) is 3.30. The normalized spacial score (nSPS) is 18.5. The third-order valence-electron chi connectivity index (χ3n) is 3.42. The lowest BCUT2D eigenvalue weighted by atomic mass is 10.1. The Kier molecular flexibility index (Phi) is 4.43. The first kappa shape index (κ1) is 13.9. The third-order valence-corrected chi connectivity index (χ3v) is 3.42. The fourth-order valence-electron chi connectivity index (χ4n) is 2.47. The molecule has 0 saturated carbocycles. The van der Waals surface area contributed by atoms with Gasteiger partial charge in [0.05, 0.1) is 18.3 Å². The fraction of sp³-hybridized carbons (Fsp3) is 0.533. The third kappa shape index (κ3) is 3.47. The van der Waals surface area contributed by atoms with Crippen molar-refractivity contribution >= 4 is 5.97 Å². The van der Waals surface area contributed by atoms with Crippen molar-refractivity contribution in [2.45, 2.75) is 39.2 Å². The molecule has 1 aromatic rings. The highest BCUT2D eigenvalue weighted by molar-refractivity contribution is 5.88. The molecule has 1 fully saturated rings. The minimum atomic E-state index is -0.905. The van der Waals surface area contributed by atoms with E-state index in [1.807, 2.05) is 13.8 Å². The molecule has 0 bridgehead atoms. The zero-order valence-corrected chi connectivity index (χ0v) is 11.4. The van der Waals surface area contributed by atoms with Gasteiger partial charge in [-0.2, -0.15) is 0 Å². The molecule has 4 heteroatoms. The molecule has 2 rings (SSSR count). The first-order chi connectivity index (χ1) is 9.08.